The van der Waals surface area contributed by atoms with Gasteiger partial charge < -0.3 is 14.4 Å². The summed E-state index contributed by atoms with van der Waals surface area (Å²) in [5.74, 6) is 1.65. The minimum absolute atomic E-state index is 0.0385. The predicted molar refractivity (Wildman–Crippen MR) is 115 cm³/mol. The zero-order chi connectivity index (χ0) is 20.0. The molecule has 29 heavy (non-hydrogen) atoms. The fourth-order valence-electron chi connectivity index (χ4n) is 3.86. The van der Waals surface area contributed by atoms with Crippen molar-refractivity contribution in [1.29, 1.82) is 0 Å². The lowest BCUT2D eigenvalue weighted by atomic mass is 10.1. The second-order valence-electron chi connectivity index (χ2n) is 7.50. The highest BCUT2D eigenvalue weighted by atomic mass is 35.5. The van der Waals surface area contributed by atoms with Crippen LogP contribution in [-0.4, -0.2) is 48.7 Å². The summed E-state index contributed by atoms with van der Waals surface area (Å²) in [6.45, 7) is 6.25. The first-order chi connectivity index (χ1) is 14.1. The van der Waals surface area contributed by atoms with Crippen LogP contribution in [0.1, 0.15) is 20.8 Å². The van der Waals surface area contributed by atoms with Crippen LogP contribution in [0.3, 0.4) is 0 Å². The monoisotopic (exact) mass is 428 g/mol. The van der Waals surface area contributed by atoms with Gasteiger partial charge in [0.1, 0.15) is 4.88 Å². The van der Waals surface area contributed by atoms with Crippen molar-refractivity contribution in [3.8, 4) is 11.5 Å². The number of fused-ring (bicyclic) bond motifs is 2. The third-order valence-corrected chi connectivity index (χ3v) is 7.13. The van der Waals surface area contributed by atoms with Crippen LogP contribution in [-0.2, 0) is 6.54 Å². The number of carbonyl (C=O) groups is 1. The van der Waals surface area contributed by atoms with Gasteiger partial charge in [0.2, 0.25) is 6.79 Å². The molecule has 5 nitrogen and oxygen atoms in total. The fourth-order valence-corrected chi connectivity index (χ4v) is 5.44. The van der Waals surface area contributed by atoms with Gasteiger partial charge in [-0.1, -0.05) is 29.8 Å². The predicted octanol–water partition coefficient (Wildman–Crippen LogP) is 4.55. The van der Waals surface area contributed by atoms with Crippen LogP contribution < -0.4 is 9.47 Å². The van der Waals surface area contributed by atoms with Crippen LogP contribution in [0.25, 0.3) is 10.1 Å². The molecule has 1 fully saturated rings. The molecule has 1 aromatic heterocycles. The van der Waals surface area contributed by atoms with Gasteiger partial charge in [0.25, 0.3) is 5.91 Å². The number of nitrogens with zero attached hydrogens (tertiary/aromatic N) is 2. The van der Waals surface area contributed by atoms with E-state index in [0.717, 1.165) is 41.2 Å². The maximum Gasteiger partial charge on any atom is 0.265 e. The quantitative estimate of drug-likeness (QED) is 0.613. The SMILES string of the molecule is Cc1ccc2c(Cl)c(C(=O)N3CCN(Cc4ccc5c(c4)OCO5)CC3)sc2c1. The lowest BCUT2D eigenvalue weighted by Gasteiger charge is -2.34. The molecule has 0 unspecified atom stereocenters. The summed E-state index contributed by atoms with van der Waals surface area (Å²) >= 11 is 8.03. The van der Waals surface area contributed by atoms with E-state index in [1.807, 2.05) is 36.1 Å². The molecule has 2 aliphatic rings. The van der Waals surface area contributed by atoms with Gasteiger partial charge in [-0.05, 0) is 36.2 Å². The average molecular weight is 429 g/mol. The van der Waals surface area contributed by atoms with Gasteiger partial charge in [-0.25, -0.2) is 0 Å². The van der Waals surface area contributed by atoms with E-state index >= 15 is 0 Å². The highest BCUT2D eigenvalue weighted by Crippen LogP contribution is 2.37. The number of piperazine rings is 1. The summed E-state index contributed by atoms with van der Waals surface area (Å²) in [6.07, 6.45) is 0. The largest absolute Gasteiger partial charge is 0.454 e. The van der Waals surface area contributed by atoms with Gasteiger partial charge in [-0.2, -0.15) is 0 Å². The van der Waals surface area contributed by atoms with Crippen molar-refractivity contribution < 1.29 is 14.3 Å². The highest BCUT2D eigenvalue weighted by Gasteiger charge is 2.26. The lowest BCUT2D eigenvalue weighted by molar-refractivity contribution is 0.0633. The summed E-state index contributed by atoms with van der Waals surface area (Å²) in [4.78, 5) is 18.0. The Hall–Kier alpha value is -2.28. The zero-order valence-electron chi connectivity index (χ0n) is 16.1. The Balaban J connectivity index is 1.25. The third kappa shape index (κ3) is 3.56. The van der Waals surface area contributed by atoms with E-state index in [-0.39, 0.29) is 5.91 Å². The fraction of sp³-hybridized carbons (Fsp3) is 0.318. The second kappa shape index (κ2) is 7.52. The Morgan fingerprint density at radius 3 is 2.69 bits per heavy atom. The molecule has 0 saturated carbocycles. The van der Waals surface area contributed by atoms with E-state index in [1.54, 1.807) is 0 Å². The van der Waals surface area contributed by atoms with E-state index in [9.17, 15) is 4.79 Å². The molecule has 3 heterocycles. The molecular weight excluding hydrogens is 408 g/mol. The van der Waals surface area contributed by atoms with Crippen molar-refractivity contribution in [2.75, 3.05) is 33.0 Å². The number of carbonyl (C=O) groups excluding carboxylic acids is 1. The van der Waals surface area contributed by atoms with E-state index in [2.05, 4.69) is 17.0 Å². The Bertz CT molecular complexity index is 1090. The van der Waals surface area contributed by atoms with Crippen LogP contribution in [0, 0.1) is 6.92 Å². The van der Waals surface area contributed by atoms with Crippen molar-refractivity contribution in [1.82, 2.24) is 9.80 Å². The summed E-state index contributed by atoms with van der Waals surface area (Å²) in [5.41, 5.74) is 2.36. The standard InChI is InChI=1S/C22H21ClN2O3S/c1-14-2-4-16-19(10-14)29-21(20(16)23)22(26)25-8-6-24(7-9-25)12-15-3-5-17-18(11-15)28-13-27-17/h2-5,10-11H,6-9,12-13H2,1H3. The highest BCUT2D eigenvalue weighted by molar-refractivity contribution is 7.21. The minimum atomic E-state index is 0.0385. The first kappa shape index (κ1) is 18.7. The molecule has 5 rings (SSSR count). The summed E-state index contributed by atoms with van der Waals surface area (Å²) in [7, 11) is 0. The Labute approximate surface area is 178 Å². The summed E-state index contributed by atoms with van der Waals surface area (Å²) in [6, 6.07) is 12.2. The maximum absolute atomic E-state index is 13.1. The molecule has 7 heteroatoms. The molecule has 0 spiro atoms. The number of thiophene rings is 1. The van der Waals surface area contributed by atoms with Gasteiger partial charge in [0, 0.05) is 42.8 Å². The number of ether oxygens (including phenoxy) is 2. The number of amides is 1. The Morgan fingerprint density at radius 1 is 1.07 bits per heavy atom. The molecule has 2 aromatic carbocycles. The molecule has 150 valence electrons. The first-order valence-corrected chi connectivity index (χ1v) is 10.9. The van der Waals surface area contributed by atoms with E-state index < -0.39 is 0 Å². The van der Waals surface area contributed by atoms with E-state index in [4.69, 9.17) is 21.1 Å². The van der Waals surface area contributed by atoms with E-state index in [0.29, 0.717) is 29.8 Å². The second-order valence-corrected chi connectivity index (χ2v) is 8.93. The first-order valence-electron chi connectivity index (χ1n) is 9.67. The zero-order valence-corrected chi connectivity index (χ0v) is 17.7. The molecular formula is C22H21ClN2O3S. The van der Waals surface area contributed by atoms with Crippen LogP contribution in [0.5, 0.6) is 11.5 Å². The maximum atomic E-state index is 13.1. The lowest BCUT2D eigenvalue weighted by Crippen LogP contribution is -2.48. The average Bonchev–Trinajstić information content (AvgIpc) is 3.32. The van der Waals surface area contributed by atoms with Crippen LogP contribution in [0.2, 0.25) is 5.02 Å². The Morgan fingerprint density at radius 2 is 1.86 bits per heavy atom. The number of aryl methyl sites for hydroxylation is 1. The molecule has 2 aliphatic heterocycles. The summed E-state index contributed by atoms with van der Waals surface area (Å²) < 4.78 is 11.9. The summed E-state index contributed by atoms with van der Waals surface area (Å²) in [5, 5.41) is 1.55. The van der Waals surface area contributed by atoms with Crippen LogP contribution in [0.15, 0.2) is 36.4 Å². The van der Waals surface area contributed by atoms with Crippen LogP contribution >= 0.6 is 22.9 Å². The Kier molecular flexibility index (Phi) is 4.86. The van der Waals surface area contributed by atoms with Crippen molar-refractivity contribution in [2.24, 2.45) is 0 Å². The number of hydrogen-bond donors (Lipinski definition) is 0. The van der Waals surface area contributed by atoms with Gasteiger partial charge in [-0.15, -0.1) is 11.3 Å². The molecule has 0 bridgehead atoms. The number of halogens is 1. The van der Waals surface area contributed by atoms with Gasteiger partial charge in [0.05, 0.1) is 5.02 Å². The number of benzene rings is 2. The van der Waals surface area contributed by atoms with Crippen molar-refractivity contribution >= 4 is 38.9 Å². The molecule has 0 aliphatic carbocycles. The number of rotatable bonds is 3. The topological polar surface area (TPSA) is 42.0 Å². The molecule has 1 saturated heterocycles. The third-order valence-electron chi connectivity index (χ3n) is 5.48. The molecule has 1 amide bonds. The molecule has 0 N–H and O–H groups in total. The van der Waals surface area contributed by atoms with Crippen molar-refractivity contribution in [3.05, 3.63) is 57.4 Å². The molecule has 0 radical (unpaired) electrons. The van der Waals surface area contributed by atoms with Crippen molar-refractivity contribution in [3.63, 3.8) is 0 Å². The molecule has 0 atom stereocenters. The normalized spacial score (nSPS) is 16.6. The minimum Gasteiger partial charge on any atom is -0.454 e. The van der Waals surface area contributed by atoms with Crippen LogP contribution in [0.4, 0.5) is 0 Å². The number of hydrogen-bond acceptors (Lipinski definition) is 5. The molecule has 3 aromatic rings. The van der Waals surface area contributed by atoms with Gasteiger partial charge in [-0.3, -0.25) is 9.69 Å². The van der Waals surface area contributed by atoms with Crippen molar-refractivity contribution in [2.45, 2.75) is 13.5 Å². The smallest absolute Gasteiger partial charge is 0.265 e. The van der Waals surface area contributed by atoms with Gasteiger partial charge in [0.15, 0.2) is 11.5 Å². The van der Waals surface area contributed by atoms with Gasteiger partial charge >= 0.3 is 0 Å². The van der Waals surface area contributed by atoms with E-state index in [1.165, 1.54) is 22.5 Å².